The Hall–Kier alpha value is -1.17. The lowest BCUT2D eigenvalue weighted by Gasteiger charge is -2.26. The van der Waals surface area contributed by atoms with E-state index in [9.17, 15) is 9.59 Å². The van der Waals surface area contributed by atoms with Crippen LogP contribution in [0.25, 0.3) is 0 Å². The molecule has 0 radical (unpaired) electrons. The zero-order chi connectivity index (χ0) is 14.0. The van der Waals surface area contributed by atoms with Crippen molar-refractivity contribution in [2.45, 2.75) is 25.7 Å². The highest BCUT2D eigenvalue weighted by Crippen LogP contribution is 2.48. The average molecular weight is 283 g/mol. The third-order valence-electron chi connectivity index (χ3n) is 4.36. The number of hydrogen-bond donors (Lipinski definition) is 2. The molecule has 0 aliphatic heterocycles. The van der Waals surface area contributed by atoms with Gasteiger partial charge in [0.1, 0.15) is 0 Å². The molecule has 106 valence electrons. The summed E-state index contributed by atoms with van der Waals surface area (Å²) in [7, 11) is 1.69. The van der Waals surface area contributed by atoms with Gasteiger partial charge in [-0.15, -0.1) is 0 Å². The number of likely N-dealkylation sites (N-methyl/N-ethyl adjacent to an activating group) is 1. The van der Waals surface area contributed by atoms with Gasteiger partial charge in [-0.2, -0.15) is 0 Å². The van der Waals surface area contributed by atoms with Gasteiger partial charge in [0.15, 0.2) is 0 Å². The predicted octanol–water partition coefficient (Wildman–Crippen LogP) is 0.283. The smallest absolute Gasteiger partial charge is 0.311 e. The summed E-state index contributed by atoms with van der Waals surface area (Å²) in [6.07, 6.45) is 5.13. The summed E-state index contributed by atoms with van der Waals surface area (Å²) in [5.74, 6) is 1.04. The first-order valence-electron chi connectivity index (χ1n) is 6.79. The summed E-state index contributed by atoms with van der Waals surface area (Å²) < 4.78 is 0. The molecule has 3 N–H and O–H groups in total. The molecule has 0 aromatic heterocycles. The number of carbonyl (C=O) groups excluding carboxylic acids is 2. The van der Waals surface area contributed by atoms with Gasteiger partial charge in [-0.1, -0.05) is 18.6 Å². The Morgan fingerprint density at radius 2 is 2.11 bits per heavy atom. The quantitative estimate of drug-likeness (QED) is 0.574. The van der Waals surface area contributed by atoms with Crippen molar-refractivity contribution in [2.24, 2.45) is 23.5 Å². The third kappa shape index (κ3) is 3.43. The minimum absolute atomic E-state index is 0.0713. The van der Waals surface area contributed by atoms with Crippen LogP contribution < -0.4 is 11.1 Å². The van der Waals surface area contributed by atoms with Gasteiger partial charge in [0, 0.05) is 13.6 Å². The Kier molecular flexibility index (Phi) is 4.39. The first kappa shape index (κ1) is 14.2. The fourth-order valence-corrected chi connectivity index (χ4v) is 3.52. The van der Waals surface area contributed by atoms with Crippen molar-refractivity contribution in [3.63, 3.8) is 0 Å². The number of fused-ring (bicyclic) bond motifs is 2. The van der Waals surface area contributed by atoms with Gasteiger partial charge in [0.25, 0.3) is 0 Å². The third-order valence-corrected chi connectivity index (χ3v) is 4.50. The lowest BCUT2D eigenvalue weighted by molar-refractivity contribution is -0.145. The maximum atomic E-state index is 11.9. The number of thiocarbonyl (C=S) groups is 1. The summed E-state index contributed by atoms with van der Waals surface area (Å²) in [5, 5.41) is 2.43. The molecule has 2 bridgehead atoms. The second-order valence-corrected chi connectivity index (χ2v) is 6.29. The maximum Gasteiger partial charge on any atom is 0.311 e. The molecule has 0 aromatic carbocycles. The van der Waals surface area contributed by atoms with Crippen molar-refractivity contribution in [3.05, 3.63) is 0 Å². The fourth-order valence-electron chi connectivity index (χ4n) is 3.45. The molecule has 2 aliphatic carbocycles. The Morgan fingerprint density at radius 3 is 2.63 bits per heavy atom. The van der Waals surface area contributed by atoms with Crippen molar-refractivity contribution < 1.29 is 9.59 Å². The topological polar surface area (TPSA) is 75.4 Å². The lowest BCUT2D eigenvalue weighted by atomic mass is 9.88. The van der Waals surface area contributed by atoms with Crippen LogP contribution >= 0.6 is 12.2 Å². The highest BCUT2D eigenvalue weighted by molar-refractivity contribution is 7.80. The van der Waals surface area contributed by atoms with E-state index in [0.29, 0.717) is 12.5 Å². The molecule has 5 nitrogen and oxygen atoms in total. The van der Waals surface area contributed by atoms with E-state index < -0.39 is 11.8 Å². The van der Waals surface area contributed by atoms with Gasteiger partial charge in [-0.3, -0.25) is 9.59 Å². The molecular formula is C13H21N3O2S. The number of nitrogens with two attached hydrogens (primary N) is 1. The van der Waals surface area contributed by atoms with E-state index in [1.165, 1.54) is 30.6 Å². The average Bonchev–Trinajstić information content (AvgIpc) is 2.96. The van der Waals surface area contributed by atoms with Crippen molar-refractivity contribution in [2.75, 3.05) is 20.1 Å². The standard InChI is InChI=1S/C13H21N3O2S/c1-16(13(18)12(17)15-6-11(14)19)7-10-5-8-2-3-9(10)4-8/h8-10H,2-7H2,1H3,(H2,14,19)(H,15,17). The number of amides is 2. The highest BCUT2D eigenvalue weighted by atomic mass is 32.1. The molecule has 0 spiro atoms. The van der Waals surface area contributed by atoms with Crippen LogP contribution in [-0.2, 0) is 9.59 Å². The normalized spacial score (nSPS) is 28.2. The van der Waals surface area contributed by atoms with Gasteiger partial charge in [0.05, 0.1) is 11.5 Å². The van der Waals surface area contributed by atoms with Crippen molar-refractivity contribution in [1.82, 2.24) is 10.2 Å². The highest BCUT2D eigenvalue weighted by Gasteiger charge is 2.40. The number of rotatable bonds is 4. The molecule has 2 fully saturated rings. The molecule has 3 unspecified atom stereocenters. The van der Waals surface area contributed by atoms with Crippen LogP contribution in [-0.4, -0.2) is 41.8 Å². The molecule has 2 rings (SSSR count). The van der Waals surface area contributed by atoms with Gasteiger partial charge in [-0.25, -0.2) is 0 Å². The van der Waals surface area contributed by atoms with Gasteiger partial charge < -0.3 is 16.0 Å². The van der Waals surface area contributed by atoms with E-state index in [1.54, 1.807) is 7.05 Å². The van der Waals surface area contributed by atoms with E-state index in [-0.39, 0.29) is 11.5 Å². The van der Waals surface area contributed by atoms with E-state index in [4.69, 9.17) is 5.73 Å². The predicted molar refractivity (Wildman–Crippen MR) is 76.4 cm³/mol. The first-order chi connectivity index (χ1) is 8.97. The zero-order valence-corrected chi connectivity index (χ0v) is 12.0. The molecule has 2 amide bonds. The molecule has 19 heavy (non-hydrogen) atoms. The SMILES string of the molecule is CN(CC1CC2CCC1C2)C(=O)C(=O)NCC(N)=S. The number of carbonyl (C=O) groups is 2. The zero-order valence-electron chi connectivity index (χ0n) is 11.2. The van der Waals surface area contributed by atoms with Crippen LogP contribution in [0.3, 0.4) is 0 Å². The molecule has 0 heterocycles. The van der Waals surface area contributed by atoms with Gasteiger partial charge in [0.2, 0.25) is 0 Å². The van der Waals surface area contributed by atoms with Gasteiger partial charge in [-0.05, 0) is 37.0 Å². The summed E-state index contributed by atoms with van der Waals surface area (Å²) in [5.41, 5.74) is 5.28. The molecule has 2 saturated carbocycles. The molecule has 6 heteroatoms. The van der Waals surface area contributed by atoms with Crippen molar-refractivity contribution in [1.29, 1.82) is 0 Å². The van der Waals surface area contributed by atoms with Crippen LogP contribution in [0.15, 0.2) is 0 Å². The minimum Gasteiger partial charge on any atom is -0.392 e. The number of hydrogen-bond acceptors (Lipinski definition) is 3. The molecule has 0 saturated heterocycles. The van der Waals surface area contributed by atoms with Crippen LogP contribution in [0.2, 0.25) is 0 Å². The monoisotopic (exact) mass is 283 g/mol. The molecule has 0 aromatic rings. The van der Waals surface area contributed by atoms with Crippen LogP contribution in [0.5, 0.6) is 0 Å². The summed E-state index contributed by atoms with van der Waals surface area (Å²) in [4.78, 5) is 25.2. The Bertz CT molecular complexity index is 399. The summed E-state index contributed by atoms with van der Waals surface area (Å²) in [6.45, 7) is 0.752. The van der Waals surface area contributed by atoms with E-state index in [1.807, 2.05) is 0 Å². The fraction of sp³-hybridized carbons (Fsp3) is 0.769. The molecule has 3 atom stereocenters. The second-order valence-electron chi connectivity index (χ2n) is 5.77. The van der Waals surface area contributed by atoms with Crippen LogP contribution in [0.1, 0.15) is 25.7 Å². The summed E-state index contributed by atoms with van der Waals surface area (Å²) in [6, 6.07) is 0. The Morgan fingerprint density at radius 1 is 1.37 bits per heavy atom. The lowest BCUT2D eigenvalue weighted by Crippen LogP contribution is -2.45. The van der Waals surface area contributed by atoms with Crippen LogP contribution in [0, 0.1) is 17.8 Å². The minimum atomic E-state index is -0.626. The largest absolute Gasteiger partial charge is 0.392 e. The van der Waals surface area contributed by atoms with Crippen LogP contribution in [0.4, 0.5) is 0 Å². The first-order valence-corrected chi connectivity index (χ1v) is 7.19. The van der Waals surface area contributed by atoms with E-state index in [0.717, 1.165) is 11.8 Å². The Labute approximate surface area is 118 Å². The second kappa shape index (κ2) is 5.86. The van der Waals surface area contributed by atoms with Gasteiger partial charge >= 0.3 is 11.8 Å². The molecular weight excluding hydrogens is 262 g/mol. The Balaban J connectivity index is 1.79. The van der Waals surface area contributed by atoms with Crippen molar-refractivity contribution >= 4 is 29.0 Å². The molecule has 2 aliphatic rings. The van der Waals surface area contributed by atoms with E-state index in [2.05, 4.69) is 17.5 Å². The van der Waals surface area contributed by atoms with E-state index >= 15 is 0 Å². The number of nitrogens with one attached hydrogen (secondary N) is 1. The summed E-state index contributed by atoms with van der Waals surface area (Å²) >= 11 is 4.66. The number of nitrogens with zero attached hydrogens (tertiary/aromatic N) is 1. The van der Waals surface area contributed by atoms with Crippen molar-refractivity contribution in [3.8, 4) is 0 Å². The maximum absolute atomic E-state index is 11.9.